The van der Waals surface area contributed by atoms with Gasteiger partial charge in [0.25, 0.3) is 5.91 Å². The molecule has 2 N–H and O–H groups in total. The number of benzene rings is 1. The van der Waals surface area contributed by atoms with E-state index in [0.29, 0.717) is 27.1 Å². The largest absolute Gasteiger partial charge is 0.392 e. The molecule has 0 spiro atoms. The first-order valence-electron chi connectivity index (χ1n) is 5.56. The summed E-state index contributed by atoms with van der Waals surface area (Å²) in [6.07, 6.45) is 1.73. The van der Waals surface area contributed by atoms with Crippen LogP contribution in [-0.4, -0.2) is 28.4 Å². The van der Waals surface area contributed by atoms with Gasteiger partial charge >= 0.3 is 0 Å². The van der Waals surface area contributed by atoms with Gasteiger partial charge in [0.05, 0.1) is 21.1 Å². The Kier molecular flexibility index (Phi) is 4.10. The van der Waals surface area contributed by atoms with Gasteiger partial charge in [-0.1, -0.05) is 35.4 Å². The highest BCUT2D eigenvalue weighted by atomic mass is 35.5. The maximum atomic E-state index is 12.3. The van der Waals surface area contributed by atoms with Gasteiger partial charge in [-0.05, 0) is 31.0 Å². The van der Waals surface area contributed by atoms with Gasteiger partial charge < -0.3 is 10.6 Å². The summed E-state index contributed by atoms with van der Waals surface area (Å²) in [7, 11) is 0. The van der Waals surface area contributed by atoms with Crippen LogP contribution in [0.2, 0.25) is 10.0 Å². The minimum absolute atomic E-state index is 0.108. The second kappa shape index (κ2) is 5.43. The predicted octanol–water partition coefficient (Wildman–Crippen LogP) is 2.88. The molecule has 1 saturated heterocycles. The van der Waals surface area contributed by atoms with E-state index in [1.54, 1.807) is 23.1 Å². The van der Waals surface area contributed by atoms with Gasteiger partial charge in [-0.3, -0.25) is 4.79 Å². The van der Waals surface area contributed by atoms with Gasteiger partial charge in [0.2, 0.25) is 0 Å². The maximum Gasteiger partial charge on any atom is 0.254 e. The molecule has 1 amide bonds. The first-order valence-corrected chi connectivity index (χ1v) is 6.72. The predicted molar refractivity (Wildman–Crippen MR) is 77.3 cm³/mol. The maximum absolute atomic E-state index is 12.3. The van der Waals surface area contributed by atoms with Gasteiger partial charge in [-0.2, -0.15) is 0 Å². The van der Waals surface area contributed by atoms with Crippen LogP contribution >= 0.6 is 35.4 Å². The summed E-state index contributed by atoms with van der Waals surface area (Å²) in [6, 6.07) is 4.69. The summed E-state index contributed by atoms with van der Waals surface area (Å²) in [6.45, 7) is 0.668. The zero-order chi connectivity index (χ0) is 13.3. The highest BCUT2D eigenvalue weighted by Crippen LogP contribution is 2.25. The second-order valence-electron chi connectivity index (χ2n) is 4.19. The molecule has 96 valence electrons. The van der Waals surface area contributed by atoms with Crippen molar-refractivity contribution in [1.29, 1.82) is 0 Å². The molecule has 0 radical (unpaired) electrons. The Balaban J connectivity index is 2.25. The van der Waals surface area contributed by atoms with Crippen molar-refractivity contribution in [3.05, 3.63) is 33.8 Å². The van der Waals surface area contributed by atoms with Crippen molar-refractivity contribution in [2.75, 3.05) is 6.54 Å². The molecule has 1 heterocycles. The van der Waals surface area contributed by atoms with Crippen LogP contribution in [0, 0.1) is 0 Å². The fourth-order valence-electron chi connectivity index (χ4n) is 2.10. The van der Waals surface area contributed by atoms with Gasteiger partial charge in [-0.25, -0.2) is 0 Å². The number of carbonyl (C=O) groups excluding carboxylic acids is 1. The SMILES string of the molecule is NC(=S)C1CCCN1C(=O)c1ccc(Cl)c(Cl)c1. The smallest absolute Gasteiger partial charge is 0.254 e. The van der Waals surface area contributed by atoms with Crippen LogP contribution in [0.5, 0.6) is 0 Å². The third-order valence-electron chi connectivity index (χ3n) is 3.01. The van der Waals surface area contributed by atoms with E-state index in [0.717, 1.165) is 12.8 Å². The molecule has 1 unspecified atom stereocenters. The van der Waals surface area contributed by atoms with Gasteiger partial charge in [-0.15, -0.1) is 0 Å². The molecule has 1 fully saturated rings. The summed E-state index contributed by atoms with van der Waals surface area (Å²) >= 11 is 16.7. The van der Waals surface area contributed by atoms with Crippen molar-refractivity contribution in [3.8, 4) is 0 Å². The van der Waals surface area contributed by atoms with Crippen molar-refractivity contribution < 1.29 is 4.79 Å². The van der Waals surface area contributed by atoms with E-state index in [1.165, 1.54) is 0 Å². The van der Waals surface area contributed by atoms with E-state index in [9.17, 15) is 4.79 Å². The van der Waals surface area contributed by atoms with Crippen LogP contribution in [0.1, 0.15) is 23.2 Å². The highest BCUT2D eigenvalue weighted by molar-refractivity contribution is 7.80. The third-order valence-corrected chi connectivity index (χ3v) is 4.02. The number of carbonyl (C=O) groups is 1. The van der Waals surface area contributed by atoms with Crippen LogP contribution < -0.4 is 5.73 Å². The second-order valence-corrected chi connectivity index (χ2v) is 5.47. The third kappa shape index (κ3) is 2.60. The van der Waals surface area contributed by atoms with Crippen molar-refractivity contribution in [2.45, 2.75) is 18.9 Å². The lowest BCUT2D eigenvalue weighted by atomic mass is 10.1. The summed E-state index contributed by atoms with van der Waals surface area (Å²) < 4.78 is 0. The van der Waals surface area contributed by atoms with Crippen LogP contribution in [0.3, 0.4) is 0 Å². The summed E-state index contributed by atoms with van der Waals surface area (Å²) in [5.74, 6) is -0.108. The Labute approximate surface area is 121 Å². The minimum atomic E-state index is -0.151. The fourth-order valence-corrected chi connectivity index (χ4v) is 2.64. The number of halogens is 2. The number of nitrogens with two attached hydrogens (primary N) is 1. The number of nitrogens with zero attached hydrogens (tertiary/aromatic N) is 1. The fraction of sp³-hybridized carbons (Fsp3) is 0.333. The summed E-state index contributed by atoms with van der Waals surface area (Å²) in [5, 5.41) is 0.800. The van der Waals surface area contributed by atoms with Crippen molar-refractivity contribution in [3.63, 3.8) is 0 Å². The monoisotopic (exact) mass is 302 g/mol. The Morgan fingerprint density at radius 3 is 2.72 bits per heavy atom. The Hall–Kier alpha value is -0.840. The van der Waals surface area contributed by atoms with E-state index in [-0.39, 0.29) is 11.9 Å². The molecular formula is C12H12Cl2N2OS. The van der Waals surface area contributed by atoms with Gasteiger partial charge in [0.1, 0.15) is 0 Å². The quantitative estimate of drug-likeness (QED) is 0.855. The molecule has 2 rings (SSSR count). The first-order chi connectivity index (χ1) is 8.50. The molecule has 18 heavy (non-hydrogen) atoms. The lowest BCUT2D eigenvalue weighted by Gasteiger charge is -2.23. The molecule has 0 bridgehead atoms. The molecule has 0 aromatic heterocycles. The molecule has 1 aromatic rings. The molecule has 0 aliphatic carbocycles. The Bertz CT molecular complexity index is 507. The van der Waals surface area contributed by atoms with Crippen LogP contribution in [0.25, 0.3) is 0 Å². The molecule has 6 heteroatoms. The molecule has 0 saturated carbocycles. The molecule has 3 nitrogen and oxygen atoms in total. The zero-order valence-corrected chi connectivity index (χ0v) is 11.9. The number of rotatable bonds is 2. The van der Waals surface area contributed by atoms with E-state index in [4.69, 9.17) is 41.2 Å². The van der Waals surface area contributed by atoms with E-state index in [2.05, 4.69) is 0 Å². The van der Waals surface area contributed by atoms with E-state index in [1.807, 2.05) is 0 Å². The zero-order valence-electron chi connectivity index (χ0n) is 9.53. The van der Waals surface area contributed by atoms with Crippen molar-refractivity contribution in [1.82, 2.24) is 4.90 Å². The van der Waals surface area contributed by atoms with Crippen LogP contribution in [0.4, 0.5) is 0 Å². The number of thiocarbonyl (C=S) groups is 1. The van der Waals surface area contributed by atoms with E-state index < -0.39 is 0 Å². The molecule has 1 atom stereocenters. The van der Waals surface area contributed by atoms with Gasteiger partial charge in [0.15, 0.2) is 0 Å². The first kappa shape index (κ1) is 13.6. The lowest BCUT2D eigenvalue weighted by molar-refractivity contribution is 0.0770. The van der Waals surface area contributed by atoms with E-state index >= 15 is 0 Å². The summed E-state index contributed by atoms with van der Waals surface area (Å²) in [4.78, 5) is 14.4. The summed E-state index contributed by atoms with van der Waals surface area (Å²) in [5.41, 5.74) is 6.16. The Morgan fingerprint density at radius 1 is 1.39 bits per heavy atom. The average molecular weight is 303 g/mol. The molecule has 1 aromatic carbocycles. The van der Waals surface area contributed by atoms with Crippen molar-refractivity contribution >= 4 is 46.3 Å². The number of likely N-dealkylation sites (tertiary alicyclic amines) is 1. The number of hydrogen-bond acceptors (Lipinski definition) is 2. The normalized spacial score (nSPS) is 19.0. The standard InChI is InChI=1S/C12H12Cl2N2OS/c13-8-4-3-7(6-9(8)14)12(17)16-5-1-2-10(16)11(15)18/h3-4,6,10H,1-2,5H2,(H2,15,18). The van der Waals surface area contributed by atoms with Crippen LogP contribution in [0.15, 0.2) is 18.2 Å². The van der Waals surface area contributed by atoms with Gasteiger partial charge in [0, 0.05) is 12.1 Å². The number of hydrogen-bond donors (Lipinski definition) is 1. The number of amides is 1. The molecule has 1 aliphatic heterocycles. The molecular weight excluding hydrogens is 291 g/mol. The highest BCUT2D eigenvalue weighted by Gasteiger charge is 2.31. The topological polar surface area (TPSA) is 46.3 Å². The van der Waals surface area contributed by atoms with Crippen molar-refractivity contribution in [2.24, 2.45) is 5.73 Å². The molecule has 1 aliphatic rings. The average Bonchev–Trinajstić information content (AvgIpc) is 2.81. The minimum Gasteiger partial charge on any atom is -0.392 e. The van der Waals surface area contributed by atoms with Crippen LogP contribution in [-0.2, 0) is 0 Å². The lowest BCUT2D eigenvalue weighted by Crippen LogP contribution is -2.42. The Morgan fingerprint density at radius 2 is 2.11 bits per heavy atom.